The minimum atomic E-state index is -0.931. The molecule has 1 aliphatic heterocycles. The first-order valence-corrected chi connectivity index (χ1v) is 7.94. The summed E-state index contributed by atoms with van der Waals surface area (Å²) in [6, 6.07) is 6.20. The highest BCUT2D eigenvalue weighted by atomic mass is 35.5. The number of rotatable bonds is 5. The maximum Gasteiger partial charge on any atom is 0.242 e. The van der Waals surface area contributed by atoms with Crippen LogP contribution in [-0.2, 0) is 16.1 Å². The molecule has 0 aromatic heterocycles. The van der Waals surface area contributed by atoms with Crippen molar-refractivity contribution >= 4 is 24.2 Å². The summed E-state index contributed by atoms with van der Waals surface area (Å²) in [7, 11) is 0. The molecular weight excluding hydrogens is 333 g/mol. The topological polar surface area (TPSA) is 66.6 Å². The molecule has 1 fully saturated rings. The molecule has 7 heteroatoms. The van der Waals surface area contributed by atoms with Crippen molar-refractivity contribution in [1.29, 1.82) is 0 Å². The van der Waals surface area contributed by atoms with Crippen LogP contribution >= 0.6 is 12.4 Å². The molecule has 2 rings (SSSR count). The van der Waals surface area contributed by atoms with Gasteiger partial charge in [0.05, 0.1) is 12.1 Å². The molecule has 1 aromatic rings. The molecule has 1 heterocycles. The van der Waals surface area contributed by atoms with Crippen molar-refractivity contribution < 1.29 is 14.0 Å². The van der Waals surface area contributed by atoms with Gasteiger partial charge in [-0.25, -0.2) is 4.39 Å². The van der Waals surface area contributed by atoms with Gasteiger partial charge in [0.1, 0.15) is 5.82 Å². The molecule has 1 atom stereocenters. The Morgan fingerprint density at radius 1 is 1.38 bits per heavy atom. The molecule has 2 amide bonds. The van der Waals surface area contributed by atoms with E-state index in [0.717, 1.165) is 12.0 Å². The molecule has 1 saturated heterocycles. The second-order valence-corrected chi connectivity index (χ2v) is 6.34. The predicted octanol–water partition coefficient (Wildman–Crippen LogP) is 1.94. The summed E-state index contributed by atoms with van der Waals surface area (Å²) < 4.78 is 13.2. The lowest BCUT2D eigenvalue weighted by molar-refractivity contribution is -0.148. The van der Waals surface area contributed by atoms with E-state index >= 15 is 0 Å². The molecule has 0 aliphatic carbocycles. The number of benzene rings is 1. The van der Waals surface area contributed by atoms with Crippen LogP contribution in [0, 0.1) is 5.82 Å². The second kappa shape index (κ2) is 8.44. The summed E-state index contributed by atoms with van der Waals surface area (Å²) >= 11 is 0. The SMILES string of the molecule is CCCC(C)(N)C(=O)N1CCN(Cc2cccc(F)c2)C(=O)C1.Cl. The van der Waals surface area contributed by atoms with Gasteiger partial charge in [0.25, 0.3) is 0 Å². The third-order valence-electron chi connectivity index (χ3n) is 4.13. The van der Waals surface area contributed by atoms with E-state index in [4.69, 9.17) is 5.73 Å². The van der Waals surface area contributed by atoms with Gasteiger partial charge in [-0.15, -0.1) is 12.4 Å². The predicted molar refractivity (Wildman–Crippen MR) is 93.1 cm³/mol. The lowest BCUT2D eigenvalue weighted by Crippen LogP contribution is -2.59. The van der Waals surface area contributed by atoms with Crippen LogP contribution in [0.3, 0.4) is 0 Å². The van der Waals surface area contributed by atoms with Crippen LogP contribution in [0.25, 0.3) is 0 Å². The molecule has 1 aliphatic rings. The molecule has 0 saturated carbocycles. The minimum Gasteiger partial charge on any atom is -0.335 e. The zero-order valence-electron chi connectivity index (χ0n) is 14.1. The molecule has 0 bridgehead atoms. The Morgan fingerprint density at radius 2 is 2.08 bits per heavy atom. The Bertz CT molecular complexity index is 595. The van der Waals surface area contributed by atoms with Crippen LogP contribution < -0.4 is 5.73 Å². The fourth-order valence-corrected chi connectivity index (χ4v) is 2.89. The van der Waals surface area contributed by atoms with Crippen LogP contribution in [-0.4, -0.2) is 46.8 Å². The number of piperazine rings is 1. The maximum atomic E-state index is 13.2. The Hall–Kier alpha value is -1.66. The Kier molecular flexibility index (Phi) is 7.17. The van der Waals surface area contributed by atoms with Crippen molar-refractivity contribution in [3.8, 4) is 0 Å². The number of amides is 2. The summed E-state index contributed by atoms with van der Waals surface area (Å²) in [5, 5.41) is 0. The van der Waals surface area contributed by atoms with Crippen molar-refractivity contribution in [2.75, 3.05) is 19.6 Å². The number of nitrogens with zero attached hydrogens (tertiary/aromatic N) is 2. The van der Waals surface area contributed by atoms with Gasteiger partial charge in [0, 0.05) is 19.6 Å². The quantitative estimate of drug-likeness (QED) is 0.875. The third kappa shape index (κ3) is 4.92. The fourth-order valence-electron chi connectivity index (χ4n) is 2.89. The highest BCUT2D eigenvalue weighted by Crippen LogP contribution is 2.16. The first kappa shape index (κ1) is 20.4. The third-order valence-corrected chi connectivity index (χ3v) is 4.13. The maximum absolute atomic E-state index is 13.2. The molecule has 0 spiro atoms. The molecule has 5 nitrogen and oxygen atoms in total. The van der Waals surface area contributed by atoms with Crippen molar-refractivity contribution in [3.05, 3.63) is 35.6 Å². The monoisotopic (exact) mass is 357 g/mol. The lowest BCUT2D eigenvalue weighted by Gasteiger charge is -2.38. The number of halogens is 2. The van der Waals surface area contributed by atoms with Gasteiger partial charge in [0.2, 0.25) is 11.8 Å². The van der Waals surface area contributed by atoms with Gasteiger partial charge in [-0.2, -0.15) is 0 Å². The van der Waals surface area contributed by atoms with Crippen LogP contribution in [0.4, 0.5) is 4.39 Å². The largest absolute Gasteiger partial charge is 0.335 e. The van der Waals surface area contributed by atoms with Gasteiger partial charge < -0.3 is 15.5 Å². The van der Waals surface area contributed by atoms with Gasteiger partial charge in [-0.05, 0) is 31.0 Å². The van der Waals surface area contributed by atoms with Gasteiger partial charge in [0.15, 0.2) is 0 Å². The summed E-state index contributed by atoms with van der Waals surface area (Å²) in [6.45, 7) is 4.96. The van der Waals surface area contributed by atoms with Gasteiger partial charge in [-0.1, -0.05) is 25.5 Å². The molecule has 1 unspecified atom stereocenters. The zero-order chi connectivity index (χ0) is 17.0. The lowest BCUT2D eigenvalue weighted by atomic mass is 9.95. The Labute approximate surface area is 148 Å². The number of hydrogen-bond donors (Lipinski definition) is 1. The highest BCUT2D eigenvalue weighted by Gasteiger charge is 2.35. The average Bonchev–Trinajstić information content (AvgIpc) is 2.48. The van der Waals surface area contributed by atoms with Crippen LogP contribution in [0.1, 0.15) is 32.3 Å². The summed E-state index contributed by atoms with van der Waals surface area (Å²) in [5.41, 5.74) is 5.88. The summed E-state index contributed by atoms with van der Waals surface area (Å²) in [4.78, 5) is 27.9. The second-order valence-electron chi connectivity index (χ2n) is 6.34. The molecule has 24 heavy (non-hydrogen) atoms. The van der Waals surface area contributed by atoms with Crippen LogP contribution in [0.15, 0.2) is 24.3 Å². The average molecular weight is 358 g/mol. The van der Waals surface area contributed by atoms with Gasteiger partial charge >= 0.3 is 0 Å². The van der Waals surface area contributed by atoms with E-state index in [1.165, 1.54) is 17.0 Å². The van der Waals surface area contributed by atoms with Crippen LogP contribution in [0.2, 0.25) is 0 Å². The number of nitrogens with two attached hydrogens (primary N) is 1. The summed E-state index contributed by atoms with van der Waals surface area (Å²) in [5.74, 6) is -0.638. The zero-order valence-corrected chi connectivity index (χ0v) is 14.9. The Morgan fingerprint density at radius 3 is 2.67 bits per heavy atom. The van der Waals surface area contributed by atoms with Crippen LogP contribution in [0.5, 0.6) is 0 Å². The highest BCUT2D eigenvalue weighted by molar-refractivity contribution is 5.90. The standard InChI is InChI=1S/C17H24FN3O2.ClH/c1-3-7-17(2,19)16(23)21-9-8-20(15(22)12-21)11-13-5-4-6-14(18)10-13;/h4-6,10H,3,7-9,11-12,19H2,1-2H3;1H. The molecule has 2 N–H and O–H groups in total. The van der Waals surface area contributed by atoms with E-state index < -0.39 is 5.54 Å². The minimum absolute atomic E-state index is 0. The smallest absolute Gasteiger partial charge is 0.242 e. The van der Waals surface area contributed by atoms with E-state index in [1.54, 1.807) is 24.0 Å². The first-order valence-electron chi connectivity index (χ1n) is 7.94. The Balaban J connectivity index is 0.00000288. The van der Waals surface area contributed by atoms with E-state index in [2.05, 4.69) is 0 Å². The molecule has 1 aromatic carbocycles. The van der Waals surface area contributed by atoms with E-state index in [1.807, 2.05) is 6.92 Å². The van der Waals surface area contributed by atoms with Crippen molar-refractivity contribution in [2.24, 2.45) is 5.73 Å². The first-order chi connectivity index (χ1) is 10.8. The normalized spacial score (nSPS) is 17.2. The molecule has 0 radical (unpaired) electrons. The molecular formula is C17H25ClFN3O2. The number of carbonyl (C=O) groups excluding carboxylic acids is 2. The van der Waals surface area contributed by atoms with Crippen molar-refractivity contribution in [2.45, 2.75) is 38.8 Å². The summed E-state index contributed by atoms with van der Waals surface area (Å²) in [6.07, 6.45) is 1.40. The van der Waals surface area contributed by atoms with Gasteiger partial charge in [-0.3, -0.25) is 9.59 Å². The number of carbonyl (C=O) groups is 2. The number of hydrogen-bond acceptors (Lipinski definition) is 3. The van der Waals surface area contributed by atoms with E-state index in [-0.39, 0.29) is 36.6 Å². The fraction of sp³-hybridized carbons (Fsp3) is 0.529. The van der Waals surface area contributed by atoms with E-state index in [0.29, 0.717) is 26.1 Å². The van der Waals surface area contributed by atoms with E-state index in [9.17, 15) is 14.0 Å². The molecule has 134 valence electrons. The van der Waals surface area contributed by atoms with Crippen molar-refractivity contribution in [3.63, 3.8) is 0 Å². The van der Waals surface area contributed by atoms with Crippen molar-refractivity contribution in [1.82, 2.24) is 9.80 Å².